The van der Waals surface area contributed by atoms with Crippen molar-refractivity contribution < 1.29 is 19.1 Å². The number of hydrogen-bond donors (Lipinski definition) is 1. The summed E-state index contributed by atoms with van der Waals surface area (Å²) in [7, 11) is 1.32. The van der Waals surface area contributed by atoms with Gasteiger partial charge in [0.15, 0.2) is 0 Å². The number of furan rings is 1. The number of esters is 1. The first-order chi connectivity index (χ1) is 7.24. The second kappa shape index (κ2) is 6.03. The minimum absolute atomic E-state index is 0.387. The van der Waals surface area contributed by atoms with Gasteiger partial charge in [0.25, 0.3) is 0 Å². The summed E-state index contributed by atoms with van der Waals surface area (Å²) in [4.78, 5) is 10.7. The lowest BCUT2D eigenvalue weighted by Crippen LogP contribution is -1.96. The van der Waals surface area contributed by atoms with Crippen LogP contribution in [-0.2, 0) is 9.53 Å². The predicted octanol–water partition coefficient (Wildman–Crippen LogP) is 1.82. The van der Waals surface area contributed by atoms with Gasteiger partial charge in [-0.25, -0.2) is 4.79 Å². The molecular formula is C11H14O4. The molecule has 4 nitrogen and oxygen atoms in total. The zero-order chi connectivity index (χ0) is 11.1. The lowest BCUT2D eigenvalue weighted by molar-refractivity contribution is -0.134. The summed E-state index contributed by atoms with van der Waals surface area (Å²) in [5.41, 5.74) is 0. The number of aliphatic hydroxyl groups excluding tert-OH is 1. The molecule has 0 spiro atoms. The number of aliphatic hydroxyl groups is 1. The van der Waals surface area contributed by atoms with Gasteiger partial charge < -0.3 is 14.3 Å². The zero-order valence-corrected chi connectivity index (χ0v) is 8.55. The van der Waals surface area contributed by atoms with Gasteiger partial charge in [0.1, 0.15) is 11.9 Å². The van der Waals surface area contributed by atoms with Crippen LogP contribution in [0.2, 0.25) is 0 Å². The van der Waals surface area contributed by atoms with Crippen LogP contribution in [-0.4, -0.2) is 18.2 Å². The Balaban J connectivity index is 2.26. The Morgan fingerprint density at radius 3 is 3.13 bits per heavy atom. The highest BCUT2D eigenvalue weighted by Gasteiger charge is 2.08. The van der Waals surface area contributed by atoms with Gasteiger partial charge in [-0.3, -0.25) is 0 Å². The number of hydrogen-bond acceptors (Lipinski definition) is 4. The molecule has 15 heavy (non-hydrogen) atoms. The fourth-order valence-corrected chi connectivity index (χ4v) is 1.12. The van der Waals surface area contributed by atoms with Crippen LogP contribution in [0.25, 0.3) is 0 Å². The third-order valence-corrected chi connectivity index (χ3v) is 1.93. The highest BCUT2D eigenvalue weighted by molar-refractivity contribution is 5.81. The highest BCUT2D eigenvalue weighted by atomic mass is 16.5. The van der Waals surface area contributed by atoms with Crippen molar-refractivity contribution in [3.05, 3.63) is 36.3 Å². The van der Waals surface area contributed by atoms with Gasteiger partial charge in [-0.15, -0.1) is 0 Å². The van der Waals surface area contributed by atoms with E-state index in [0.717, 1.165) is 0 Å². The fraction of sp³-hybridized carbons (Fsp3) is 0.364. The van der Waals surface area contributed by atoms with Crippen molar-refractivity contribution >= 4 is 5.97 Å². The molecule has 1 unspecified atom stereocenters. The van der Waals surface area contributed by atoms with E-state index in [1.807, 2.05) is 0 Å². The van der Waals surface area contributed by atoms with Gasteiger partial charge in [0.05, 0.1) is 13.4 Å². The Bertz CT molecular complexity index is 313. The molecule has 0 fully saturated rings. The fourth-order valence-electron chi connectivity index (χ4n) is 1.12. The molecular weight excluding hydrogens is 196 g/mol. The van der Waals surface area contributed by atoms with Gasteiger partial charge in [0.2, 0.25) is 0 Å². The maximum absolute atomic E-state index is 10.7. The lowest BCUT2D eigenvalue weighted by Gasteiger charge is -2.04. The smallest absolute Gasteiger partial charge is 0.330 e. The monoisotopic (exact) mass is 210 g/mol. The highest BCUT2D eigenvalue weighted by Crippen LogP contribution is 2.18. The van der Waals surface area contributed by atoms with Crippen molar-refractivity contribution in [2.75, 3.05) is 7.11 Å². The SMILES string of the molecule is COC(=O)/C=C/CCC(O)c1ccco1. The Kier molecular flexibility index (Phi) is 4.63. The van der Waals surface area contributed by atoms with E-state index in [-0.39, 0.29) is 5.97 Å². The minimum Gasteiger partial charge on any atom is -0.467 e. The molecule has 1 aromatic rings. The predicted molar refractivity (Wildman–Crippen MR) is 54.1 cm³/mol. The number of ether oxygens (including phenoxy) is 1. The quantitative estimate of drug-likeness (QED) is 0.595. The van der Waals surface area contributed by atoms with E-state index < -0.39 is 6.10 Å². The number of allylic oxidation sites excluding steroid dienone is 1. The summed E-state index contributed by atoms with van der Waals surface area (Å²) < 4.78 is 9.45. The Morgan fingerprint density at radius 1 is 1.73 bits per heavy atom. The van der Waals surface area contributed by atoms with Crippen LogP contribution in [0, 0.1) is 0 Å². The maximum Gasteiger partial charge on any atom is 0.330 e. The molecule has 0 radical (unpaired) electrons. The maximum atomic E-state index is 10.7. The molecule has 0 saturated carbocycles. The molecule has 82 valence electrons. The van der Waals surface area contributed by atoms with Gasteiger partial charge in [0, 0.05) is 6.08 Å². The van der Waals surface area contributed by atoms with Crippen LogP contribution in [0.5, 0.6) is 0 Å². The van der Waals surface area contributed by atoms with Gasteiger partial charge in [-0.1, -0.05) is 6.08 Å². The van der Waals surface area contributed by atoms with Crippen molar-refractivity contribution in [1.29, 1.82) is 0 Å². The minimum atomic E-state index is -0.623. The van der Waals surface area contributed by atoms with Crippen LogP contribution < -0.4 is 0 Å². The van der Waals surface area contributed by atoms with E-state index in [2.05, 4.69) is 4.74 Å². The Hall–Kier alpha value is -1.55. The van der Waals surface area contributed by atoms with Crippen molar-refractivity contribution in [1.82, 2.24) is 0 Å². The number of carbonyl (C=O) groups excluding carboxylic acids is 1. The second-order valence-corrected chi connectivity index (χ2v) is 3.03. The van der Waals surface area contributed by atoms with Crippen molar-refractivity contribution in [2.24, 2.45) is 0 Å². The van der Waals surface area contributed by atoms with E-state index in [1.54, 1.807) is 18.2 Å². The molecule has 0 amide bonds. The van der Waals surface area contributed by atoms with Crippen LogP contribution >= 0.6 is 0 Å². The first-order valence-corrected chi connectivity index (χ1v) is 4.70. The number of carbonyl (C=O) groups is 1. The molecule has 0 aromatic carbocycles. The topological polar surface area (TPSA) is 59.7 Å². The van der Waals surface area contributed by atoms with E-state index in [1.165, 1.54) is 19.4 Å². The molecule has 1 aromatic heterocycles. The van der Waals surface area contributed by atoms with E-state index >= 15 is 0 Å². The number of rotatable bonds is 5. The molecule has 1 heterocycles. The standard InChI is InChI=1S/C11H14O4/c1-14-11(13)7-3-2-5-9(12)10-6-4-8-15-10/h3-4,6-9,12H,2,5H2,1H3/b7-3+. The summed E-state index contributed by atoms with van der Waals surface area (Å²) >= 11 is 0. The van der Waals surface area contributed by atoms with Crippen LogP contribution in [0.1, 0.15) is 24.7 Å². The van der Waals surface area contributed by atoms with Gasteiger partial charge in [-0.2, -0.15) is 0 Å². The zero-order valence-electron chi connectivity index (χ0n) is 8.55. The molecule has 0 aliphatic rings. The van der Waals surface area contributed by atoms with Crippen LogP contribution in [0.15, 0.2) is 35.0 Å². The van der Waals surface area contributed by atoms with Crippen molar-refractivity contribution in [3.8, 4) is 0 Å². The summed E-state index contributed by atoms with van der Waals surface area (Å²) in [6.45, 7) is 0. The molecule has 0 bridgehead atoms. The molecule has 4 heteroatoms. The average molecular weight is 210 g/mol. The normalized spacial score (nSPS) is 12.9. The largest absolute Gasteiger partial charge is 0.467 e. The molecule has 1 N–H and O–H groups in total. The average Bonchev–Trinajstić information content (AvgIpc) is 2.77. The second-order valence-electron chi connectivity index (χ2n) is 3.03. The first-order valence-electron chi connectivity index (χ1n) is 4.70. The molecule has 0 aliphatic heterocycles. The van der Waals surface area contributed by atoms with Gasteiger partial charge in [-0.05, 0) is 25.0 Å². The summed E-state index contributed by atoms with van der Waals surface area (Å²) in [6.07, 6.45) is 5.01. The summed E-state index contributed by atoms with van der Waals surface area (Å²) in [6, 6.07) is 3.44. The van der Waals surface area contributed by atoms with Crippen molar-refractivity contribution in [2.45, 2.75) is 18.9 Å². The van der Waals surface area contributed by atoms with Crippen molar-refractivity contribution in [3.63, 3.8) is 0 Å². The van der Waals surface area contributed by atoms with Gasteiger partial charge >= 0.3 is 5.97 Å². The summed E-state index contributed by atoms with van der Waals surface area (Å²) in [5, 5.41) is 9.59. The Labute approximate surface area is 88.2 Å². The molecule has 0 aliphatic carbocycles. The summed E-state index contributed by atoms with van der Waals surface area (Å²) in [5.74, 6) is 0.156. The first kappa shape index (κ1) is 11.5. The molecule has 0 saturated heterocycles. The Morgan fingerprint density at radius 2 is 2.53 bits per heavy atom. The third kappa shape index (κ3) is 3.99. The van der Waals surface area contributed by atoms with E-state index in [9.17, 15) is 9.90 Å². The van der Waals surface area contributed by atoms with Crippen LogP contribution in [0.3, 0.4) is 0 Å². The van der Waals surface area contributed by atoms with Crippen LogP contribution in [0.4, 0.5) is 0 Å². The third-order valence-electron chi connectivity index (χ3n) is 1.93. The van der Waals surface area contributed by atoms with E-state index in [0.29, 0.717) is 18.6 Å². The van der Waals surface area contributed by atoms with E-state index in [4.69, 9.17) is 4.42 Å². The number of methoxy groups -OCH3 is 1. The lowest BCUT2D eigenvalue weighted by atomic mass is 10.1. The molecule has 1 rings (SSSR count). The molecule has 1 atom stereocenters.